The largest absolute Gasteiger partial charge is 0.468 e. The Labute approximate surface area is 117 Å². The Morgan fingerprint density at radius 1 is 1.47 bits per heavy atom. The number of nitrogens with zero attached hydrogens (tertiary/aromatic N) is 1. The van der Waals surface area contributed by atoms with Gasteiger partial charge in [0.1, 0.15) is 5.54 Å². The van der Waals surface area contributed by atoms with Crippen LogP contribution in [0.15, 0.2) is 0 Å². The van der Waals surface area contributed by atoms with Crippen LogP contribution in [0.1, 0.15) is 47.0 Å². The Bertz CT molecular complexity index is 296. The summed E-state index contributed by atoms with van der Waals surface area (Å²) in [6.07, 6.45) is 3.52. The van der Waals surface area contributed by atoms with Gasteiger partial charge in [-0.3, -0.25) is 9.69 Å². The number of hydrogen-bond acceptors (Lipinski definition) is 4. The SMILES string of the molecule is CCCNC(C)(CN1CCCC(C)C1C)C(=O)OC. The normalized spacial score (nSPS) is 27.8. The van der Waals surface area contributed by atoms with E-state index in [1.54, 1.807) is 0 Å². The minimum atomic E-state index is -0.601. The minimum absolute atomic E-state index is 0.161. The standard InChI is InChI=1S/C15H30N2O2/c1-6-9-16-15(4,14(18)19-5)11-17-10-7-8-12(2)13(17)3/h12-13,16H,6-11H2,1-5H3. The van der Waals surface area contributed by atoms with E-state index in [0.29, 0.717) is 12.0 Å². The van der Waals surface area contributed by atoms with Gasteiger partial charge in [0.15, 0.2) is 0 Å². The van der Waals surface area contributed by atoms with Crippen molar-refractivity contribution in [3.63, 3.8) is 0 Å². The van der Waals surface area contributed by atoms with Crippen LogP contribution in [0.4, 0.5) is 0 Å². The molecule has 0 amide bonds. The lowest BCUT2D eigenvalue weighted by molar-refractivity contribution is -0.149. The van der Waals surface area contributed by atoms with Gasteiger partial charge in [0.05, 0.1) is 7.11 Å². The van der Waals surface area contributed by atoms with Gasteiger partial charge in [-0.2, -0.15) is 0 Å². The molecule has 4 heteroatoms. The summed E-state index contributed by atoms with van der Waals surface area (Å²) in [5, 5.41) is 3.36. The third kappa shape index (κ3) is 4.18. The van der Waals surface area contributed by atoms with Gasteiger partial charge in [0.2, 0.25) is 0 Å². The highest BCUT2D eigenvalue weighted by molar-refractivity contribution is 5.80. The molecule has 3 unspecified atom stereocenters. The summed E-state index contributed by atoms with van der Waals surface area (Å²) in [5.41, 5.74) is -0.601. The maximum atomic E-state index is 12.1. The van der Waals surface area contributed by atoms with E-state index in [2.05, 4.69) is 31.0 Å². The fraction of sp³-hybridized carbons (Fsp3) is 0.933. The zero-order valence-corrected chi connectivity index (χ0v) is 13.2. The molecular weight excluding hydrogens is 240 g/mol. The molecule has 1 rings (SSSR count). The number of esters is 1. The number of carbonyl (C=O) groups is 1. The maximum absolute atomic E-state index is 12.1. The maximum Gasteiger partial charge on any atom is 0.327 e. The molecule has 0 aromatic rings. The lowest BCUT2D eigenvalue weighted by Gasteiger charge is -2.42. The summed E-state index contributed by atoms with van der Waals surface area (Å²) >= 11 is 0. The van der Waals surface area contributed by atoms with E-state index in [1.807, 2.05) is 6.92 Å². The molecule has 0 aliphatic carbocycles. The fourth-order valence-electron chi connectivity index (χ4n) is 2.87. The van der Waals surface area contributed by atoms with Crippen LogP contribution >= 0.6 is 0 Å². The smallest absolute Gasteiger partial charge is 0.327 e. The Hall–Kier alpha value is -0.610. The van der Waals surface area contributed by atoms with Crippen molar-refractivity contribution in [2.24, 2.45) is 5.92 Å². The number of likely N-dealkylation sites (tertiary alicyclic amines) is 1. The highest BCUT2D eigenvalue weighted by Crippen LogP contribution is 2.24. The Morgan fingerprint density at radius 3 is 2.74 bits per heavy atom. The predicted octanol–water partition coefficient (Wildman–Crippen LogP) is 2.04. The van der Waals surface area contributed by atoms with Crippen molar-refractivity contribution in [3.8, 4) is 0 Å². The van der Waals surface area contributed by atoms with Crippen LogP contribution < -0.4 is 5.32 Å². The van der Waals surface area contributed by atoms with Crippen LogP contribution in [0, 0.1) is 5.92 Å². The zero-order chi connectivity index (χ0) is 14.5. The fourth-order valence-corrected chi connectivity index (χ4v) is 2.87. The quantitative estimate of drug-likeness (QED) is 0.750. The average molecular weight is 270 g/mol. The van der Waals surface area contributed by atoms with E-state index in [-0.39, 0.29) is 5.97 Å². The van der Waals surface area contributed by atoms with Crippen LogP contribution in [0.5, 0.6) is 0 Å². The third-order valence-electron chi connectivity index (χ3n) is 4.42. The second-order valence-electron chi connectivity index (χ2n) is 6.08. The molecule has 1 heterocycles. The summed E-state index contributed by atoms with van der Waals surface area (Å²) in [5.74, 6) is 0.535. The number of piperidine rings is 1. The van der Waals surface area contributed by atoms with Crippen molar-refractivity contribution in [2.45, 2.75) is 58.5 Å². The van der Waals surface area contributed by atoms with Crippen molar-refractivity contribution < 1.29 is 9.53 Å². The number of nitrogens with one attached hydrogen (secondary N) is 1. The number of rotatable bonds is 6. The van der Waals surface area contributed by atoms with Gasteiger partial charge in [-0.25, -0.2) is 0 Å². The van der Waals surface area contributed by atoms with E-state index in [1.165, 1.54) is 20.0 Å². The molecule has 4 nitrogen and oxygen atoms in total. The molecule has 112 valence electrons. The molecule has 1 saturated heterocycles. The lowest BCUT2D eigenvalue weighted by Crippen LogP contribution is -2.60. The van der Waals surface area contributed by atoms with E-state index in [4.69, 9.17) is 4.74 Å². The summed E-state index contributed by atoms with van der Waals surface area (Å²) in [7, 11) is 1.47. The van der Waals surface area contributed by atoms with Crippen LogP contribution in [-0.4, -0.2) is 49.2 Å². The summed E-state index contributed by atoms with van der Waals surface area (Å²) in [6, 6.07) is 0.529. The Morgan fingerprint density at radius 2 is 2.16 bits per heavy atom. The summed E-state index contributed by atoms with van der Waals surface area (Å²) in [4.78, 5) is 14.5. The van der Waals surface area contributed by atoms with Crippen molar-refractivity contribution in [3.05, 3.63) is 0 Å². The first kappa shape index (κ1) is 16.4. The second kappa shape index (κ2) is 7.25. The van der Waals surface area contributed by atoms with Crippen LogP contribution in [0.25, 0.3) is 0 Å². The minimum Gasteiger partial charge on any atom is -0.468 e. The Kier molecular flexibility index (Phi) is 6.27. The predicted molar refractivity (Wildman–Crippen MR) is 78.1 cm³/mol. The van der Waals surface area contributed by atoms with Crippen molar-refractivity contribution >= 4 is 5.97 Å². The van der Waals surface area contributed by atoms with Gasteiger partial charge < -0.3 is 10.1 Å². The third-order valence-corrected chi connectivity index (χ3v) is 4.42. The number of ether oxygens (including phenoxy) is 1. The highest BCUT2D eigenvalue weighted by Gasteiger charge is 2.38. The number of methoxy groups -OCH3 is 1. The first-order chi connectivity index (χ1) is 8.94. The molecular formula is C15H30N2O2. The van der Waals surface area contributed by atoms with E-state index < -0.39 is 5.54 Å². The lowest BCUT2D eigenvalue weighted by atomic mass is 9.90. The van der Waals surface area contributed by atoms with E-state index in [0.717, 1.165) is 26.1 Å². The first-order valence-corrected chi connectivity index (χ1v) is 7.52. The van der Waals surface area contributed by atoms with E-state index in [9.17, 15) is 4.79 Å². The summed E-state index contributed by atoms with van der Waals surface area (Å²) < 4.78 is 4.99. The van der Waals surface area contributed by atoms with Crippen molar-refractivity contribution in [2.75, 3.05) is 26.7 Å². The molecule has 0 radical (unpaired) electrons. The monoisotopic (exact) mass is 270 g/mol. The molecule has 1 fully saturated rings. The van der Waals surface area contributed by atoms with Crippen LogP contribution in [0.3, 0.4) is 0 Å². The first-order valence-electron chi connectivity index (χ1n) is 7.52. The van der Waals surface area contributed by atoms with Gasteiger partial charge in [-0.15, -0.1) is 0 Å². The average Bonchev–Trinajstić information content (AvgIpc) is 2.40. The van der Waals surface area contributed by atoms with Gasteiger partial charge in [0, 0.05) is 12.6 Å². The Balaban J connectivity index is 2.73. The van der Waals surface area contributed by atoms with Crippen LogP contribution in [-0.2, 0) is 9.53 Å². The molecule has 1 aliphatic heterocycles. The molecule has 0 bridgehead atoms. The topological polar surface area (TPSA) is 41.6 Å². The molecule has 0 aromatic heterocycles. The summed E-state index contributed by atoms with van der Waals surface area (Å²) in [6.45, 7) is 11.3. The zero-order valence-electron chi connectivity index (χ0n) is 13.2. The van der Waals surface area contributed by atoms with Gasteiger partial charge in [-0.05, 0) is 52.1 Å². The van der Waals surface area contributed by atoms with Crippen molar-refractivity contribution in [1.29, 1.82) is 0 Å². The highest BCUT2D eigenvalue weighted by atomic mass is 16.5. The number of hydrogen-bond donors (Lipinski definition) is 1. The van der Waals surface area contributed by atoms with Gasteiger partial charge >= 0.3 is 5.97 Å². The van der Waals surface area contributed by atoms with E-state index >= 15 is 0 Å². The molecule has 1 N–H and O–H groups in total. The second-order valence-corrected chi connectivity index (χ2v) is 6.08. The molecule has 3 atom stereocenters. The molecule has 0 spiro atoms. The number of carbonyl (C=O) groups excluding carboxylic acids is 1. The molecule has 0 aromatic carbocycles. The van der Waals surface area contributed by atoms with Crippen molar-refractivity contribution in [1.82, 2.24) is 10.2 Å². The van der Waals surface area contributed by atoms with Crippen LogP contribution in [0.2, 0.25) is 0 Å². The molecule has 0 saturated carbocycles. The molecule has 1 aliphatic rings. The molecule has 19 heavy (non-hydrogen) atoms. The van der Waals surface area contributed by atoms with Gasteiger partial charge in [-0.1, -0.05) is 13.8 Å². The van der Waals surface area contributed by atoms with Gasteiger partial charge in [0.25, 0.3) is 0 Å².